The molecule has 1 N–H and O–H groups in total. The van der Waals surface area contributed by atoms with Gasteiger partial charge >= 0.3 is 6.18 Å². The van der Waals surface area contributed by atoms with Crippen molar-refractivity contribution in [1.82, 2.24) is 14.5 Å². The van der Waals surface area contributed by atoms with Crippen molar-refractivity contribution >= 4 is 34.7 Å². The lowest BCUT2D eigenvalue weighted by Crippen LogP contribution is -2.38. The Labute approximate surface area is 237 Å². The first kappa shape index (κ1) is 28.8. The summed E-state index contributed by atoms with van der Waals surface area (Å²) in [4.78, 5) is 32.1. The molecule has 41 heavy (non-hydrogen) atoms. The van der Waals surface area contributed by atoms with Crippen molar-refractivity contribution in [1.29, 1.82) is 0 Å². The quantitative estimate of drug-likeness (QED) is 0.327. The number of fused-ring (bicyclic) bond motifs is 4. The Morgan fingerprint density at radius 1 is 1.12 bits per heavy atom. The Bertz CT molecular complexity index is 1550. The lowest BCUT2D eigenvalue weighted by molar-refractivity contribution is -0.138. The lowest BCUT2D eigenvalue weighted by Gasteiger charge is -2.35. The Hall–Kier alpha value is -3.73. The first-order valence-corrected chi connectivity index (χ1v) is 13.4. The van der Waals surface area contributed by atoms with E-state index in [1.54, 1.807) is 42.2 Å². The van der Waals surface area contributed by atoms with Crippen LogP contribution in [0.2, 0.25) is 5.02 Å². The number of carbonyl (C=O) groups is 2. The van der Waals surface area contributed by atoms with E-state index >= 15 is 4.39 Å². The fourth-order valence-corrected chi connectivity index (χ4v) is 5.63. The van der Waals surface area contributed by atoms with Gasteiger partial charge in [-0.1, -0.05) is 18.5 Å². The number of carbonyl (C=O) groups excluding carboxylic acids is 2. The van der Waals surface area contributed by atoms with E-state index < -0.39 is 58.1 Å². The summed E-state index contributed by atoms with van der Waals surface area (Å²) in [6, 6.07) is 5.98. The number of nitrogens with one attached hydrogen (secondary N) is 1. The second kappa shape index (κ2) is 10.9. The first-order valence-electron chi connectivity index (χ1n) is 13.0. The van der Waals surface area contributed by atoms with Gasteiger partial charge in [-0.05, 0) is 55.2 Å². The second-order valence-electron chi connectivity index (χ2n) is 10.3. The highest BCUT2D eigenvalue weighted by Gasteiger charge is 2.38. The first-order chi connectivity index (χ1) is 19.4. The number of anilines is 1. The third-order valence-corrected chi connectivity index (χ3v) is 7.99. The summed E-state index contributed by atoms with van der Waals surface area (Å²) in [6.45, 7) is 1.42. The fraction of sp³-hybridized carbons (Fsp3) is 0.345. The molecule has 1 unspecified atom stereocenters. The molecule has 2 amide bonds. The molecular formula is C29H26ClF5N4O2. The van der Waals surface area contributed by atoms with E-state index in [4.69, 9.17) is 11.6 Å². The Morgan fingerprint density at radius 3 is 2.59 bits per heavy atom. The van der Waals surface area contributed by atoms with E-state index in [2.05, 4.69) is 10.3 Å². The summed E-state index contributed by atoms with van der Waals surface area (Å²) >= 11 is 5.80. The number of rotatable bonds is 2. The van der Waals surface area contributed by atoms with Gasteiger partial charge in [0.2, 0.25) is 11.8 Å². The Kier molecular flexibility index (Phi) is 7.67. The third kappa shape index (κ3) is 5.47. The SMILES string of the molecule is C[C@H]1C(=O)Nc2ccn(C)c2-c2ccnc(c2)[C@@H](N2CCC(c3c(C(F)(F)F)ccc(Cl)c3F)=CC2=O)CCC1F. The summed E-state index contributed by atoms with van der Waals surface area (Å²) < 4.78 is 73.1. The molecule has 5 rings (SSSR count). The average Bonchev–Trinajstić information content (AvgIpc) is 3.28. The van der Waals surface area contributed by atoms with Crippen molar-refractivity contribution in [3.63, 3.8) is 0 Å². The topological polar surface area (TPSA) is 67.2 Å². The molecule has 2 aliphatic heterocycles. The van der Waals surface area contributed by atoms with Crippen molar-refractivity contribution < 1.29 is 31.5 Å². The minimum atomic E-state index is -4.87. The van der Waals surface area contributed by atoms with Crippen LogP contribution in [-0.4, -0.2) is 39.0 Å². The molecule has 2 aliphatic rings. The van der Waals surface area contributed by atoms with Crippen LogP contribution in [0.1, 0.15) is 49.0 Å². The molecule has 0 saturated heterocycles. The molecule has 4 heterocycles. The zero-order chi connectivity index (χ0) is 29.6. The number of nitrogens with zero attached hydrogens (tertiary/aromatic N) is 3. The van der Waals surface area contributed by atoms with Gasteiger partial charge in [-0.25, -0.2) is 8.78 Å². The number of aryl methyl sites for hydroxylation is 1. The molecule has 0 aliphatic carbocycles. The van der Waals surface area contributed by atoms with Crippen LogP contribution in [0.25, 0.3) is 16.8 Å². The van der Waals surface area contributed by atoms with E-state index in [-0.39, 0.29) is 31.4 Å². The van der Waals surface area contributed by atoms with Gasteiger partial charge in [0.1, 0.15) is 12.0 Å². The van der Waals surface area contributed by atoms with Gasteiger partial charge in [-0.3, -0.25) is 14.6 Å². The lowest BCUT2D eigenvalue weighted by atomic mass is 9.91. The number of aromatic nitrogens is 2. The number of alkyl halides is 4. The van der Waals surface area contributed by atoms with Gasteiger partial charge in [-0.2, -0.15) is 13.2 Å². The van der Waals surface area contributed by atoms with Crippen LogP contribution < -0.4 is 5.32 Å². The van der Waals surface area contributed by atoms with Crippen LogP contribution in [0.4, 0.5) is 27.6 Å². The number of halogens is 6. The maximum atomic E-state index is 15.3. The van der Waals surface area contributed by atoms with Crippen LogP contribution in [0.3, 0.4) is 0 Å². The molecule has 0 spiro atoms. The highest BCUT2D eigenvalue weighted by Crippen LogP contribution is 2.42. The Morgan fingerprint density at radius 2 is 1.88 bits per heavy atom. The molecule has 3 aromatic rings. The molecule has 0 saturated carbocycles. The van der Waals surface area contributed by atoms with Crippen molar-refractivity contribution in [3.8, 4) is 11.3 Å². The normalized spacial score (nSPS) is 21.9. The van der Waals surface area contributed by atoms with Crippen LogP contribution >= 0.6 is 11.6 Å². The van der Waals surface area contributed by atoms with E-state index in [9.17, 15) is 27.2 Å². The number of hydrogen-bond donors (Lipinski definition) is 1. The smallest absolute Gasteiger partial charge is 0.349 e. The minimum Gasteiger partial charge on any atom is -0.349 e. The van der Waals surface area contributed by atoms with E-state index in [0.717, 1.165) is 12.1 Å². The number of pyridine rings is 1. The number of hydrogen-bond acceptors (Lipinski definition) is 3. The van der Waals surface area contributed by atoms with Gasteiger partial charge in [0.05, 0.1) is 39.6 Å². The molecule has 6 nitrogen and oxygen atoms in total. The van der Waals surface area contributed by atoms with E-state index in [1.165, 1.54) is 11.8 Å². The number of benzene rings is 1. The molecule has 1 aromatic carbocycles. The molecule has 2 bridgehead atoms. The zero-order valence-electron chi connectivity index (χ0n) is 22.1. The van der Waals surface area contributed by atoms with Gasteiger partial charge in [0.25, 0.3) is 0 Å². The van der Waals surface area contributed by atoms with Crippen LogP contribution in [0.5, 0.6) is 0 Å². The van der Waals surface area contributed by atoms with Gasteiger partial charge in [-0.15, -0.1) is 0 Å². The summed E-state index contributed by atoms with van der Waals surface area (Å²) in [5, 5.41) is 2.31. The van der Waals surface area contributed by atoms with Crippen LogP contribution in [-0.2, 0) is 22.8 Å². The average molecular weight is 593 g/mol. The predicted molar refractivity (Wildman–Crippen MR) is 144 cm³/mol. The third-order valence-electron chi connectivity index (χ3n) is 7.70. The maximum absolute atomic E-state index is 15.3. The summed E-state index contributed by atoms with van der Waals surface area (Å²) in [7, 11) is 1.79. The molecule has 0 fully saturated rings. The second-order valence-corrected chi connectivity index (χ2v) is 10.7. The highest BCUT2D eigenvalue weighted by atomic mass is 35.5. The highest BCUT2D eigenvalue weighted by molar-refractivity contribution is 6.31. The van der Waals surface area contributed by atoms with Gasteiger partial charge in [0, 0.05) is 43.2 Å². The van der Waals surface area contributed by atoms with Crippen molar-refractivity contribution in [2.75, 3.05) is 11.9 Å². The van der Waals surface area contributed by atoms with Crippen molar-refractivity contribution in [2.45, 2.75) is 44.6 Å². The predicted octanol–water partition coefficient (Wildman–Crippen LogP) is 6.96. The Balaban J connectivity index is 1.56. The van der Waals surface area contributed by atoms with Crippen LogP contribution in [0.15, 0.2) is 48.8 Å². The van der Waals surface area contributed by atoms with Crippen LogP contribution in [0, 0.1) is 11.7 Å². The number of amides is 2. The van der Waals surface area contributed by atoms with E-state index in [0.29, 0.717) is 28.7 Å². The molecule has 3 atom stereocenters. The fourth-order valence-electron chi connectivity index (χ4n) is 5.47. The van der Waals surface area contributed by atoms with Crippen molar-refractivity contribution in [3.05, 3.63) is 76.5 Å². The van der Waals surface area contributed by atoms with Crippen molar-refractivity contribution in [2.24, 2.45) is 13.0 Å². The maximum Gasteiger partial charge on any atom is 0.417 e. The van der Waals surface area contributed by atoms with Gasteiger partial charge < -0.3 is 14.8 Å². The zero-order valence-corrected chi connectivity index (χ0v) is 22.9. The molecule has 12 heteroatoms. The monoisotopic (exact) mass is 592 g/mol. The largest absolute Gasteiger partial charge is 0.417 e. The summed E-state index contributed by atoms with van der Waals surface area (Å²) in [6.07, 6.45) is -2.19. The van der Waals surface area contributed by atoms with E-state index in [1.807, 2.05) is 0 Å². The molecule has 216 valence electrons. The molecule has 0 radical (unpaired) electrons. The summed E-state index contributed by atoms with van der Waals surface area (Å²) in [5.74, 6) is -3.38. The molecular weight excluding hydrogens is 567 g/mol. The minimum absolute atomic E-state index is 0.0626. The van der Waals surface area contributed by atoms with Gasteiger partial charge in [0.15, 0.2) is 0 Å². The molecule has 2 aromatic heterocycles. The summed E-state index contributed by atoms with van der Waals surface area (Å²) in [5.41, 5.74) is 0.204. The standard InChI is InChI=1S/C29H26ClF5N4O2/c1-15-20(31)5-6-23(22-13-17(7-10-36-22)27-21(37-28(15)41)9-11-38(27)2)39-12-8-16(14-24(39)40)25-18(29(33,34)35)3-4-19(30)26(25)32/h3-4,7,9-11,13-15,20,23H,5-6,8,12H2,1-2H3,(H,37,41)/t15-,20?,23+/m1/s1.